The van der Waals surface area contributed by atoms with Crippen molar-refractivity contribution in [3.8, 4) is 0 Å². The summed E-state index contributed by atoms with van der Waals surface area (Å²) in [6.45, 7) is 4.55. The van der Waals surface area contributed by atoms with E-state index in [0.717, 1.165) is 96.3 Å². The van der Waals surface area contributed by atoms with E-state index in [0.29, 0.717) is 17.4 Å². The predicted molar refractivity (Wildman–Crippen MR) is 334 cm³/mol. The molecule has 0 fully saturated rings. The smallest absolute Gasteiger partial charge is 0.268 e. The van der Waals surface area contributed by atoms with Crippen LogP contribution in [0.1, 0.15) is 277 Å². The molecule has 0 heterocycles. The average Bonchev–Trinajstić information content (AvgIpc) is 3.39. The number of unbranched alkanes of at least 4 members (excludes halogenated alkanes) is 31. The Morgan fingerprint density at radius 2 is 0.792 bits per heavy atom. The van der Waals surface area contributed by atoms with Crippen molar-refractivity contribution < 1.29 is 32.9 Å². The summed E-state index contributed by atoms with van der Waals surface area (Å²) in [6.07, 6.45) is 83.5. The number of quaternary nitrogens is 1. The number of nitrogens with one attached hydrogen (secondary N) is 1. The standard InChI is InChI=1S/C68H123N2O6P/c1-6-8-10-12-14-16-18-20-22-24-26-28-30-32-34-35-36-38-40-42-44-46-48-50-52-54-56-58-60-62-68(72)69-66(65-76-77(73,74)75-64-63-70(3,4)5)67(71)61-59-57-55-53-51-49-47-45-43-41-39-37-33-31-29-27-25-23-21-19-17-15-13-11-9-7-2/h8,10,14,16,20,22,26,28,32,34,36,38,42,44,59,61,66-67,71H,6-7,9,11-13,15,17-19,21,23-25,27,29-31,33,35,37,39-41,43,45-58,60,62-65H2,1-5H3,(H-,69,72,73,74)/b10-8-,16-14-,22-20-,28-26-,34-32-,38-36-,44-42-,61-59+. The lowest BCUT2D eigenvalue weighted by Crippen LogP contribution is -2.45. The second-order valence-corrected chi connectivity index (χ2v) is 24.1. The molecule has 1 amide bonds. The lowest BCUT2D eigenvalue weighted by Gasteiger charge is -2.29. The number of aliphatic hydroxyl groups is 1. The van der Waals surface area contributed by atoms with Crippen LogP contribution in [0.25, 0.3) is 0 Å². The zero-order valence-electron chi connectivity index (χ0n) is 50.9. The summed E-state index contributed by atoms with van der Waals surface area (Å²) in [5, 5.41) is 13.9. The van der Waals surface area contributed by atoms with E-state index in [2.05, 4.69) is 104 Å². The quantitative estimate of drug-likeness (QED) is 0.0272. The molecule has 0 aromatic heterocycles. The molecule has 0 rings (SSSR count). The average molecular weight is 1100 g/mol. The molecule has 3 atom stereocenters. The van der Waals surface area contributed by atoms with Gasteiger partial charge < -0.3 is 28.8 Å². The molecule has 0 saturated carbocycles. The maximum Gasteiger partial charge on any atom is 0.268 e. The number of hydrogen-bond acceptors (Lipinski definition) is 6. The molecule has 77 heavy (non-hydrogen) atoms. The van der Waals surface area contributed by atoms with Gasteiger partial charge in [0.25, 0.3) is 7.82 Å². The second-order valence-electron chi connectivity index (χ2n) is 22.7. The summed E-state index contributed by atoms with van der Waals surface area (Å²) in [7, 11) is 1.25. The number of phosphoric acid groups is 1. The lowest BCUT2D eigenvalue weighted by molar-refractivity contribution is -0.870. The highest BCUT2D eigenvalue weighted by atomic mass is 31.2. The Hall–Kier alpha value is -2.58. The fourth-order valence-electron chi connectivity index (χ4n) is 9.08. The Kier molecular flexibility index (Phi) is 56.1. The van der Waals surface area contributed by atoms with Gasteiger partial charge >= 0.3 is 0 Å². The van der Waals surface area contributed by atoms with Gasteiger partial charge in [-0.3, -0.25) is 9.36 Å². The number of carbonyl (C=O) groups is 1. The molecule has 0 radical (unpaired) electrons. The second kappa shape index (κ2) is 58.1. The fourth-order valence-corrected chi connectivity index (χ4v) is 9.80. The molecule has 446 valence electrons. The summed E-state index contributed by atoms with van der Waals surface area (Å²) in [5.41, 5.74) is 0. The fraction of sp³-hybridized carbons (Fsp3) is 0.750. The maximum absolute atomic E-state index is 13.0. The first-order valence-electron chi connectivity index (χ1n) is 32.1. The van der Waals surface area contributed by atoms with Gasteiger partial charge in [0.15, 0.2) is 0 Å². The van der Waals surface area contributed by atoms with Crippen LogP contribution in [0.3, 0.4) is 0 Å². The van der Waals surface area contributed by atoms with Crippen molar-refractivity contribution in [2.75, 3.05) is 40.9 Å². The number of rotatable bonds is 58. The number of carbonyl (C=O) groups excluding carboxylic acids is 1. The molecule has 0 aliphatic rings. The van der Waals surface area contributed by atoms with E-state index in [-0.39, 0.29) is 19.1 Å². The van der Waals surface area contributed by atoms with Crippen molar-refractivity contribution in [1.82, 2.24) is 5.32 Å². The van der Waals surface area contributed by atoms with Crippen LogP contribution >= 0.6 is 7.82 Å². The summed E-state index contributed by atoms with van der Waals surface area (Å²) in [4.78, 5) is 25.6. The molecule has 0 saturated heterocycles. The number of amides is 1. The van der Waals surface area contributed by atoms with E-state index >= 15 is 0 Å². The van der Waals surface area contributed by atoms with Gasteiger partial charge in [-0.2, -0.15) is 0 Å². The summed E-state index contributed by atoms with van der Waals surface area (Å²) in [5.74, 6) is -0.210. The summed E-state index contributed by atoms with van der Waals surface area (Å²) in [6, 6.07) is -0.901. The zero-order valence-corrected chi connectivity index (χ0v) is 51.8. The topological polar surface area (TPSA) is 108 Å². The van der Waals surface area contributed by atoms with Gasteiger partial charge in [0.2, 0.25) is 5.91 Å². The molecule has 0 aromatic rings. The maximum atomic E-state index is 13.0. The largest absolute Gasteiger partial charge is 0.756 e. The van der Waals surface area contributed by atoms with Crippen LogP contribution in [0.15, 0.2) is 97.2 Å². The lowest BCUT2D eigenvalue weighted by atomic mass is 10.0. The Balaban J connectivity index is 4.21. The molecule has 0 bridgehead atoms. The van der Waals surface area contributed by atoms with E-state index in [1.165, 1.54) is 161 Å². The number of phosphoric ester groups is 1. The third kappa shape index (κ3) is 60.9. The van der Waals surface area contributed by atoms with Crippen LogP contribution in [0.4, 0.5) is 0 Å². The summed E-state index contributed by atoms with van der Waals surface area (Å²) >= 11 is 0. The Bertz CT molecular complexity index is 1570. The number of nitrogens with zero attached hydrogens (tertiary/aromatic N) is 1. The minimum absolute atomic E-state index is 0.00781. The first-order chi connectivity index (χ1) is 37.5. The molecule has 9 heteroatoms. The van der Waals surface area contributed by atoms with Crippen LogP contribution < -0.4 is 10.2 Å². The van der Waals surface area contributed by atoms with Crippen molar-refractivity contribution in [3.63, 3.8) is 0 Å². The van der Waals surface area contributed by atoms with E-state index in [4.69, 9.17) is 9.05 Å². The molecular weight excluding hydrogens is 972 g/mol. The van der Waals surface area contributed by atoms with Crippen molar-refractivity contribution in [2.45, 2.75) is 289 Å². The van der Waals surface area contributed by atoms with Gasteiger partial charge in [0, 0.05) is 6.42 Å². The minimum atomic E-state index is -4.61. The van der Waals surface area contributed by atoms with Crippen molar-refractivity contribution in [2.24, 2.45) is 0 Å². The Morgan fingerprint density at radius 3 is 1.16 bits per heavy atom. The molecule has 0 aliphatic carbocycles. The van der Waals surface area contributed by atoms with Crippen LogP contribution in [0, 0.1) is 0 Å². The van der Waals surface area contributed by atoms with E-state index in [1.807, 2.05) is 27.2 Å². The SMILES string of the molecule is CC/C=C\C/C=C\C/C=C\C/C=C\C/C=C\C/C=C\C/C=C\CCCCCCCCCC(=O)NC(COP(=O)([O-])OCC[N+](C)(C)C)C(O)/C=C/CCCCCCCCCCCCCCCCCCCCCCCCCC. The highest BCUT2D eigenvalue weighted by Crippen LogP contribution is 2.38. The summed E-state index contributed by atoms with van der Waals surface area (Å²) < 4.78 is 23.4. The first-order valence-corrected chi connectivity index (χ1v) is 33.6. The molecule has 0 spiro atoms. The first kappa shape index (κ1) is 74.4. The van der Waals surface area contributed by atoms with Crippen molar-refractivity contribution in [1.29, 1.82) is 0 Å². The molecule has 2 N–H and O–H groups in total. The molecule has 3 unspecified atom stereocenters. The highest BCUT2D eigenvalue weighted by Gasteiger charge is 2.23. The van der Waals surface area contributed by atoms with Crippen LogP contribution in [-0.4, -0.2) is 68.5 Å². The highest BCUT2D eigenvalue weighted by molar-refractivity contribution is 7.45. The van der Waals surface area contributed by atoms with Gasteiger partial charge in [-0.1, -0.05) is 291 Å². The minimum Gasteiger partial charge on any atom is -0.756 e. The van der Waals surface area contributed by atoms with Crippen LogP contribution in [-0.2, 0) is 18.4 Å². The van der Waals surface area contributed by atoms with Crippen LogP contribution in [0.5, 0.6) is 0 Å². The number of likely N-dealkylation sites (N-methyl/N-ethyl adjacent to an activating group) is 1. The third-order valence-electron chi connectivity index (χ3n) is 14.0. The van der Waals surface area contributed by atoms with Crippen molar-refractivity contribution in [3.05, 3.63) is 97.2 Å². The number of aliphatic hydroxyl groups excluding tert-OH is 1. The van der Waals surface area contributed by atoms with E-state index < -0.39 is 20.0 Å². The van der Waals surface area contributed by atoms with E-state index in [9.17, 15) is 19.4 Å². The van der Waals surface area contributed by atoms with Gasteiger partial charge in [-0.25, -0.2) is 0 Å². The predicted octanol–water partition coefficient (Wildman–Crippen LogP) is 19.5. The molecule has 0 aromatic carbocycles. The van der Waals surface area contributed by atoms with Crippen molar-refractivity contribution >= 4 is 13.7 Å². The van der Waals surface area contributed by atoms with Gasteiger partial charge in [-0.15, -0.1) is 0 Å². The Labute approximate surface area is 477 Å². The third-order valence-corrected chi connectivity index (χ3v) is 15.0. The molecule has 0 aliphatic heterocycles. The molecule has 8 nitrogen and oxygen atoms in total. The zero-order chi connectivity index (χ0) is 56.3. The number of allylic oxidation sites excluding steroid dienone is 15. The molecular formula is C68H123N2O6P. The normalized spacial score (nSPS) is 14.4. The van der Waals surface area contributed by atoms with Crippen LogP contribution in [0.2, 0.25) is 0 Å². The van der Waals surface area contributed by atoms with E-state index in [1.54, 1.807) is 6.08 Å². The number of hydrogen-bond donors (Lipinski definition) is 2. The van der Waals surface area contributed by atoms with Gasteiger partial charge in [0.1, 0.15) is 13.2 Å². The Morgan fingerprint density at radius 1 is 0.468 bits per heavy atom. The monoisotopic (exact) mass is 1090 g/mol. The van der Waals surface area contributed by atoms with Gasteiger partial charge in [-0.05, 0) is 77.0 Å². The van der Waals surface area contributed by atoms with Gasteiger partial charge in [0.05, 0.1) is 39.9 Å².